The van der Waals surface area contributed by atoms with E-state index in [0.29, 0.717) is 49.0 Å². The van der Waals surface area contributed by atoms with Crippen molar-refractivity contribution in [3.05, 3.63) is 23.8 Å². The van der Waals surface area contributed by atoms with Gasteiger partial charge >= 0.3 is 0 Å². The minimum absolute atomic E-state index is 0.0285. The molecule has 7 nitrogen and oxygen atoms in total. The topological polar surface area (TPSA) is 83.5 Å². The molecule has 25 heavy (non-hydrogen) atoms. The predicted octanol–water partition coefficient (Wildman–Crippen LogP) is 1.03. The van der Waals surface area contributed by atoms with Crippen LogP contribution in [0.25, 0.3) is 11.0 Å². The second kappa shape index (κ2) is 6.62. The van der Waals surface area contributed by atoms with Gasteiger partial charge in [-0.2, -0.15) is 8.75 Å². The van der Waals surface area contributed by atoms with Crippen molar-refractivity contribution >= 4 is 38.5 Å². The van der Waals surface area contributed by atoms with Crippen molar-refractivity contribution in [1.29, 1.82) is 0 Å². The maximum Gasteiger partial charge on any atom is 0.254 e. The van der Waals surface area contributed by atoms with Crippen LogP contribution in [-0.2, 0) is 9.84 Å². The fourth-order valence-electron chi connectivity index (χ4n) is 3.63. The number of nitrogens with zero attached hydrogens (tertiary/aromatic N) is 4. The lowest BCUT2D eigenvalue weighted by atomic mass is 10.1. The van der Waals surface area contributed by atoms with E-state index in [1.165, 1.54) is 0 Å². The molecule has 4 rings (SSSR count). The number of rotatable bonds is 2. The fourth-order valence-corrected chi connectivity index (χ4v) is 5.61. The monoisotopic (exact) mass is 380 g/mol. The number of benzene rings is 1. The van der Waals surface area contributed by atoms with Crippen LogP contribution in [0.1, 0.15) is 23.2 Å². The minimum atomic E-state index is -2.83. The third kappa shape index (κ3) is 3.54. The molecule has 3 heterocycles. The Morgan fingerprint density at radius 3 is 2.44 bits per heavy atom. The van der Waals surface area contributed by atoms with Gasteiger partial charge in [-0.3, -0.25) is 9.69 Å². The molecule has 0 N–H and O–H groups in total. The number of hydrogen-bond donors (Lipinski definition) is 0. The number of hydrogen-bond acceptors (Lipinski definition) is 7. The molecule has 9 heteroatoms. The van der Waals surface area contributed by atoms with E-state index in [1.54, 1.807) is 6.07 Å². The lowest BCUT2D eigenvalue weighted by molar-refractivity contribution is 0.0558. The molecule has 1 aromatic heterocycles. The van der Waals surface area contributed by atoms with E-state index in [-0.39, 0.29) is 5.91 Å². The molecule has 2 aliphatic rings. The molecule has 1 amide bonds. The maximum absolute atomic E-state index is 12.7. The number of sulfone groups is 1. The Balaban J connectivity index is 1.37. The van der Waals surface area contributed by atoms with Gasteiger partial charge in [-0.05, 0) is 31.0 Å². The summed E-state index contributed by atoms with van der Waals surface area (Å²) in [5.74, 6) is 0.609. The maximum atomic E-state index is 12.7. The van der Waals surface area contributed by atoms with Gasteiger partial charge in [0.1, 0.15) is 20.9 Å². The SMILES string of the molecule is O=C(c1ccc2nsnc2c1)N1CCN(C2CCS(=O)(=O)CC2)CC1. The highest BCUT2D eigenvalue weighted by molar-refractivity contribution is 7.91. The molecule has 0 aliphatic carbocycles. The van der Waals surface area contributed by atoms with Crippen LogP contribution in [-0.4, -0.2) is 76.6 Å². The first kappa shape index (κ1) is 16.9. The van der Waals surface area contributed by atoms with Crippen LogP contribution in [0.4, 0.5) is 0 Å². The van der Waals surface area contributed by atoms with Gasteiger partial charge in [0.25, 0.3) is 5.91 Å². The van der Waals surface area contributed by atoms with Gasteiger partial charge in [0.2, 0.25) is 0 Å². The lowest BCUT2D eigenvalue weighted by Gasteiger charge is -2.40. The quantitative estimate of drug-likeness (QED) is 0.774. The molecule has 2 aromatic rings. The predicted molar refractivity (Wildman–Crippen MR) is 96.6 cm³/mol. The van der Waals surface area contributed by atoms with Crippen molar-refractivity contribution in [2.75, 3.05) is 37.7 Å². The molecule has 2 fully saturated rings. The number of fused-ring (bicyclic) bond motifs is 1. The Morgan fingerprint density at radius 2 is 1.72 bits per heavy atom. The summed E-state index contributed by atoms with van der Waals surface area (Å²) in [5.41, 5.74) is 2.23. The zero-order valence-electron chi connectivity index (χ0n) is 13.8. The van der Waals surface area contributed by atoms with Crippen molar-refractivity contribution < 1.29 is 13.2 Å². The van der Waals surface area contributed by atoms with Gasteiger partial charge in [-0.15, -0.1) is 0 Å². The normalized spacial score (nSPS) is 22.3. The van der Waals surface area contributed by atoms with Crippen molar-refractivity contribution in [3.63, 3.8) is 0 Å². The third-order valence-corrected chi connectivity index (χ3v) is 7.41. The van der Waals surface area contributed by atoms with E-state index in [0.717, 1.165) is 35.9 Å². The Bertz CT molecular complexity index is 874. The highest BCUT2D eigenvalue weighted by atomic mass is 32.2. The Labute approximate surface area is 150 Å². The zero-order valence-corrected chi connectivity index (χ0v) is 15.4. The summed E-state index contributed by atoms with van der Waals surface area (Å²) in [7, 11) is -2.83. The summed E-state index contributed by atoms with van der Waals surface area (Å²) in [6.07, 6.45) is 1.42. The van der Waals surface area contributed by atoms with E-state index in [9.17, 15) is 13.2 Å². The van der Waals surface area contributed by atoms with Gasteiger partial charge in [-0.1, -0.05) is 0 Å². The molecule has 134 valence electrons. The number of piperazine rings is 1. The summed E-state index contributed by atoms with van der Waals surface area (Å²) in [6, 6.07) is 5.78. The highest BCUT2D eigenvalue weighted by Crippen LogP contribution is 2.21. The standard InChI is InChI=1S/C16H20N4O3S2/c21-16(12-1-2-14-15(11-12)18-24-17-14)20-7-5-19(6-8-20)13-3-9-25(22,23)10-4-13/h1-2,11,13H,3-10H2. The van der Waals surface area contributed by atoms with Gasteiger partial charge in [0.05, 0.1) is 23.2 Å². The first-order chi connectivity index (χ1) is 12.0. The summed E-state index contributed by atoms with van der Waals surface area (Å²) < 4.78 is 31.5. The van der Waals surface area contributed by atoms with Crippen molar-refractivity contribution in [3.8, 4) is 0 Å². The van der Waals surface area contributed by atoms with E-state index < -0.39 is 9.84 Å². The van der Waals surface area contributed by atoms with Crippen LogP contribution in [0.15, 0.2) is 18.2 Å². The number of carbonyl (C=O) groups is 1. The van der Waals surface area contributed by atoms with Crippen molar-refractivity contribution in [2.24, 2.45) is 0 Å². The van der Waals surface area contributed by atoms with Crippen LogP contribution < -0.4 is 0 Å². The van der Waals surface area contributed by atoms with Gasteiger partial charge in [0.15, 0.2) is 0 Å². The smallest absolute Gasteiger partial charge is 0.254 e. The summed E-state index contributed by atoms with van der Waals surface area (Å²) in [5, 5.41) is 0. The molecular weight excluding hydrogens is 360 g/mol. The van der Waals surface area contributed by atoms with Crippen molar-refractivity contribution in [2.45, 2.75) is 18.9 Å². The van der Waals surface area contributed by atoms with Crippen LogP contribution >= 0.6 is 11.7 Å². The molecule has 0 atom stereocenters. The van der Waals surface area contributed by atoms with Crippen LogP contribution in [0.2, 0.25) is 0 Å². The largest absolute Gasteiger partial charge is 0.336 e. The Hall–Kier alpha value is -1.58. The van der Waals surface area contributed by atoms with E-state index in [2.05, 4.69) is 13.6 Å². The van der Waals surface area contributed by atoms with Crippen molar-refractivity contribution in [1.82, 2.24) is 18.5 Å². The molecule has 0 bridgehead atoms. The van der Waals surface area contributed by atoms with Crippen LogP contribution in [0.5, 0.6) is 0 Å². The highest BCUT2D eigenvalue weighted by Gasteiger charge is 2.31. The molecule has 0 spiro atoms. The second-order valence-corrected chi connectivity index (χ2v) is 9.51. The first-order valence-corrected chi connectivity index (χ1v) is 11.0. The summed E-state index contributed by atoms with van der Waals surface area (Å²) in [6.45, 7) is 2.96. The average Bonchev–Trinajstić information content (AvgIpc) is 3.09. The molecule has 0 unspecified atom stereocenters. The van der Waals surface area contributed by atoms with Crippen LogP contribution in [0.3, 0.4) is 0 Å². The average molecular weight is 380 g/mol. The molecule has 2 aliphatic heterocycles. The number of amides is 1. The third-order valence-electron chi connectivity index (χ3n) is 5.14. The fraction of sp³-hybridized carbons (Fsp3) is 0.562. The molecule has 0 saturated carbocycles. The van der Waals surface area contributed by atoms with E-state index in [4.69, 9.17) is 0 Å². The van der Waals surface area contributed by atoms with Crippen LogP contribution in [0, 0.1) is 0 Å². The number of aromatic nitrogens is 2. The summed E-state index contributed by atoms with van der Waals surface area (Å²) >= 11 is 1.15. The van der Waals surface area contributed by atoms with E-state index >= 15 is 0 Å². The zero-order chi connectivity index (χ0) is 17.4. The summed E-state index contributed by atoms with van der Waals surface area (Å²) in [4.78, 5) is 16.9. The van der Waals surface area contributed by atoms with E-state index in [1.807, 2.05) is 17.0 Å². The molecular formula is C16H20N4O3S2. The van der Waals surface area contributed by atoms with Gasteiger partial charge < -0.3 is 4.90 Å². The Kier molecular flexibility index (Phi) is 4.47. The second-order valence-electron chi connectivity index (χ2n) is 6.68. The number of carbonyl (C=O) groups excluding carboxylic acids is 1. The Morgan fingerprint density at radius 1 is 1.04 bits per heavy atom. The van der Waals surface area contributed by atoms with Gasteiger partial charge in [-0.25, -0.2) is 8.42 Å². The minimum Gasteiger partial charge on any atom is -0.336 e. The molecule has 0 radical (unpaired) electrons. The first-order valence-electron chi connectivity index (χ1n) is 8.48. The lowest BCUT2D eigenvalue weighted by Crippen LogP contribution is -2.53. The molecule has 1 aromatic carbocycles. The molecule has 2 saturated heterocycles. The van der Waals surface area contributed by atoms with Gasteiger partial charge in [0, 0.05) is 37.8 Å².